The van der Waals surface area contributed by atoms with Crippen LogP contribution in [0.4, 0.5) is 0 Å². The van der Waals surface area contributed by atoms with E-state index < -0.39 is 17.9 Å². The predicted octanol–water partition coefficient (Wildman–Crippen LogP) is 2.08. The summed E-state index contributed by atoms with van der Waals surface area (Å²) in [7, 11) is 0. The van der Waals surface area contributed by atoms with Gasteiger partial charge >= 0.3 is 5.97 Å². The summed E-state index contributed by atoms with van der Waals surface area (Å²) < 4.78 is 5.56. The van der Waals surface area contributed by atoms with Gasteiger partial charge in [0, 0.05) is 11.6 Å². The first-order valence-corrected chi connectivity index (χ1v) is 6.47. The maximum atomic E-state index is 11.6. The first-order chi connectivity index (χ1) is 9.54. The van der Waals surface area contributed by atoms with Gasteiger partial charge in [0.15, 0.2) is 0 Å². The van der Waals surface area contributed by atoms with Crippen LogP contribution in [-0.4, -0.2) is 29.6 Å². The van der Waals surface area contributed by atoms with Gasteiger partial charge in [0.25, 0.3) is 0 Å². The third-order valence-electron chi connectivity index (χ3n) is 2.52. The molecular weight excluding hydrogens is 258 g/mol. The lowest BCUT2D eigenvalue weighted by Gasteiger charge is -2.08. The van der Waals surface area contributed by atoms with Crippen molar-refractivity contribution in [3.05, 3.63) is 35.9 Å². The molecule has 1 amide bonds. The summed E-state index contributed by atoms with van der Waals surface area (Å²) >= 11 is 0. The molecule has 0 aliphatic rings. The highest BCUT2D eigenvalue weighted by Crippen LogP contribution is 2.19. The number of aliphatic carboxylic acids is 1. The minimum absolute atomic E-state index is 0.454. The number of para-hydroxylation sites is 1. The molecule has 0 aromatic heterocycles. The highest BCUT2D eigenvalue weighted by molar-refractivity contribution is 5.94. The highest BCUT2D eigenvalue weighted by atomic mass is 16.5. The molecule has 1 atom stereocenters. The summed E-state index contributed by atoms with van der Waals surface area (Å²) in [5.74, 6) is -0.826. The molecule has 0 saturated heterocycles. The molecule has 0 radical (unpaired) electrons. The molecule has 0 unspecified atom stereocenters. The number of nitrogens with one attached hydrogen (secondary N) is 1. The average Bonchev–Trinajstić information content (AvgIpc) is 2.43. The summed E-state index contributed by atoms with van der Waals surface area (Å²) in [5, 5.41) is 11.0. The van der Waals surface area contributed by atoms with E-state index in [4.69, 9.17) is 9.84 Å². The van der Waals surface area contributed by atoms with E-state index in [9.17, 15) is 9.59 Å². The van der Waals surface area contributed by atoms with Crippen LogP contribution in [0.5, 0.6) is 5.75 Å². The molecule has 0 spiro atoms. The maximum Gasteiger partial charge on any atom is 0.325 e. The SMILES string of the molecule is CCCOc1ccccc1/C=C/C(=O)N[C@H](C)C(=O)O. The molecule has 108 valence electrons. The topological polar surface area (TPSA) is 75.6 Å². The Hall–Kier alpha value is -2.30. The van der Waals surface area contributed by atoms with E-state index in [-0.39, 0.29) is 0 Å². The number of hydrogen-bond donors (Lipinski definition) is 2. The molecule has 0 aliphatic carbocycles. The quantitative estimate of drug-likeness (QED) is 0.748. The van der Waals surface area contributed by atoms with Crippen LogP contribution in [0.1, 0.15) is 25.8 Å². The van der Waals surface area contributed by atoms with Gasteiger partial charge in [-0.3, -0.25) is 9.59 Å². The van der Waals surface area contributed by atoms with Gasteiger partial charge in [0.05, 0.1) is 6.61 Å². The minimum atomic E-state index is -1.07. The van der Waals surface area contributed by atoms with Crippen molar-refractivity contribution < 1.29 is 19.4 Å². The standard InChI is InChI=1S/C15H19NO4/c1-3-10-20-13-7-5-4-6-12(13)8-9-14(17)16-11(2)15(18)19/h4-9,11H,3,10H2,1-2H3,(H,16,17)(H,18,19)/b9-8+/t11-/m1/s1. The summed E-state index contributed by atoms with van der Waals surface area (Å²) in [5.41, 5.74) is 0.777. The van der Waals surface area contributed by atoms with Crippen molar-refractivity contribution >= 4 is 18.0 Å². The van der Waals surface area contributed by atoms with Gasteiger partial charge in [-0.2, -0.15) is 0 Å². The lowest BCUT2D eigenvalue weighted by atomic mass is 10.2. The Kier molecular flexibility index (Phi) is 6.29. The van der Waals surface area contributed by atoms with Crippen LogP contribution in [0.15, 0.2) is 30.3 Å². The fourth-order valence-electron chi connectivity index (χ4n) is 1.45. The first kappa shape index (κ1) is 15.8. The number of ether oxygens (including phenoxy) is 1. The molecule has 1 aromatic carbocycles. The van der Waals surface area contributed by atoms with Crippen molar-refractivity contribution in [1.29, 1.82) is 0 Å². The van der Waals surface area contributed by atoms with Crippen molar-refractivity contribution in [2.45, 2.75) is 26.3 Å². The van der Waals surface area contributed by atoms with Crippen molar-refractivity contribution in [2.24, 2.45) is 0 Å². The Morgan fingerprint density at radius 1 is 1.40 bits per heavy atom. The predicted molar refractivity (Wildman–Crippen MR) is 76.5 cm³/mol. The van der Waals surface area contributed by atoms with Gasteiger partial charge in [-0.15, -0.1) is 0 Å². The number of benzene rings is 1. The van der Waals surface area contributed by atoms with Crippen molar-refractivity contribution in [3.8, 4) is 5.75 Å². The second kappa shape index (κ2) is 7.99. The first-order valence-electron chi connectivity index (χ1n) is 6.47. The average molecular weight is 277 g/mol. The largest absolute Gasteiger partial charge is 0.493 e. The van der Waals surface area contributed by atoms with E-state index in [0.717, 1.165) is 12.0 Å². The third-order valence-corrected chi connectivity index (χ3v) is 2.52. The molecule has 1 aromatic rings. The molecule has 0 bridgehead atoms. The minimum Gasteiger partial charge on any atom is -0.493 e. The molecular formula is C15H19NO4. The number of hydrogen-bond acceptors (Lipinski definition) is 3. The second-order valence-electron chi connectivity index (χ2n) is 4.29. The van der Waals surface area contributed by atoms with Crippen LogP contribution in [-0.2, 0) is 9.59 Å². The highest BCUT2D eigenvalue weighted by Gasteiger charge is 2.11. The van der Waals surface area contributed by atoms with Crippen LogP contribution in [0.3, 0.4) is 0 Å². The van der Waals surface area contributed by atoms with Crippen LogP contribution in [0.2, 0.25) is 0 Å². The fraction of sp³-hybridized carbons (Fsp3) is 0.333. The van der Waals surface area contributed by atoms with Gasteiger partial charge < -0.3 is 15.2 Å². The van der Waals surface area contributed by atoms with E-state index >= 15 is 0 Å². The zero-order valence-corrected chi connectivity index (χ0v) is 11.6. The molecule has 0 saturated carbocycles. The van der Waals surface area contributed by atoms with Crippen LogP contribution in [0, 0.1) is 0 Å². The Morgan fingerprint density at radius 3 is 2.75 bits per heavy atom. The number of carboxylic acid groups (broad SMARTS) is 1. The Morgan fingerprint density at radius 2 is 2.10 bits per heavy atom. The normalized spacial score (nSPS) is 12.1. The lowest BCUT2D eigenvalue weighted by molar-refractivity contribution is -0.140. The molecule has 20 heavy (non-hydrogen) atoms. The van der Waals surface area contributed by atoms with Gasteiger partial charge in [-0.05, 0) is 25.5 Å². The fourth-order valence-corrected chi connectivity index (χ4v) is 1.45. The van der Waals surface area contributed by atoms with Crippen molar-refractivity contribution in [1.82, 2.24) is 5.32 Å². The monoisotopic (exact) mass is 277 g/mol. The number of rotatable bonds is 7. The maximum absolute atomic E-state index is 11.6. The summed E-state index contributed by atoms with van der Waals surface area (Å²) in [6, 6.07) is 6.44. The summed E-state index contributed by atoms with van der Waals surface area (Å²) in [6.45, 7) is 4.03. The van der Waals surface area contributed by atoms with Crippen molar-refractivity contribution in [2.75, 3.05) is 6.61 Å². The zero-order chi connectivity index (χ0) is 15.0. The number of carbonyl (C=O) groups excluding carboxylic acids is 1. The van der Waals surface area contributed by atoms with Gasteiger partial charge in [0.2, 0.25) is 5.91 Å². The molecule has 0 fully saturated rings. The Labute approximate surface area is 118 Å². The van der Waals surface area contributed by atoms with E-state index in [1.54, 1.807) is 6.08 Å². The van der Waals surface area contributed by atoms with E-state index in [0.29, 0.717) is 12.4 Å². The molecule has 1 rings (SSSR count). The third kappa shape index (κ3) is 5.14. The molecule has 0 aliphatic heterocycles. The van der Waals surface area contributed by atoms with E-state index in [1.165, 1.54) is 13.0 Å². The number of amides is 1. The summed E-state index contributed by atoms with van der Waals surface area (Å²) in [6.07, 6.45) is 3.80. The molecule has 5 heteroatoms. The van der Waals surface area contributed by atoms with Gasteiger partial charge in [-0.25, -0.2) is 0 Å². The number of carbonyl (C=O) groups is 2. The Bertz CT molecular complexity index is 496. The van der Waals surface area contributed by atoms with Crippen LogP contribution >= 0.6 is 0 Å². The summed E-state index contributed by atoms with van der Waals surface area (Å²) in [4.78, 5) is 22.2. The second-order valence-corrected chi connectivity index (χ2v) is 4.29. The van der Waals surface area contributed by atoms with E-state index in [1.807, 2.05) is 31.2 Å². The number of carboxylic acids is 1. The van der Waals surface area contributed by atoms with Crippen LogP contribution < -0.4 is 10.1 Å². The van der Waals surface area contributed by atoms with Crippen molar-refractivity contribution in [3.63, 3.8) is 0 Å². The zero-order valence-electron chi connectivity index (χ0n) is 11.6. The van der Waals surface area contributed by atoms with Gasteiger partial charge in [0.1, 0.15) is 11.8 Å². The van der Waals surface area contributed by atoms with E-state index in [2.05, 4.69) is 5.32 Å². The van der Waals surface area contributed by atoms with Crippen LogP contribution in [0.25, 0.3) is 6.08 Å². The smallest absolute Gasteiger partial charge is 0.325 e. The molecule has 5 nitrogen and oxygen atoms in total. The lowest BCUT2D eigenvalue weighted by Crippen LogP contribution is -2.37. The molecule has 2 N–H and O–H groups in total. The Balaban J connectivity index is 2.69. The molecule has 0 heterocycles. The van der Waals surface area contributed by atoms with Gasteiger partial charge in [-0.1, -0.05) is 25.1 Å².